The van der Waals surface area contributed by atoms with E-state index in [1.165, 1.54) is 22.9 Å². The predicted octanol–water partition coefficient (Wildman–Crippen LogP) is 7.05. The molecule has 6 nitrogen and oxygen atoms in total. The van der Waals surface area contributed by atoms with Crippen LogP contribution in [-0.4, -0.2) is 33.7 Å². The van der Waals surface area contributed by atoms with Gasteiger partial charge in [0.2, 0.25) is 5.91 Å². The van der Waals surface area contributed by atoms with E-state index in [9.17, 15) is 9.59 Å². The van der Waals surface area contributed by atoms with E-state index >= 15 is 0 Å². The molecule has 0 bridgehead atoms. The molecule has 1 atom stereocenters. The minimum absolute atomic E-state index is 0.124. The Balaban J connectivity index is 1.55. The summed E-state index contributed by atoms with van der Waals surface area (Å²) in [6.07, 6.45) is 0.623. The van der Waals surface area contributed by atoms with Gasteiger partial charge in [-0.05, 0) is 51.5 Å². The van der Waals surface area contributed by atoms with Crippen LogP contribution in [0.2, 0.25) is 0 Å². The number of aryl methyl sites for hydroxylation is 2. The molecule has 0 aliphatic rings. The number of amides is 1. The summed E-state index contributed by atoms with van der Waals surface area (Å²) in [5.41, 5.74) is 7.29. The maximum atomic E-state index is 13.1. The third kappa shape index (κ3) is 6.49. The van der Waals surface area contributed by atoms with Gasteiger partial charge in [0, 0.05) is 16.8 Å². The van der Waals surface area contributed by atoms with Crippen molar-refractivity contribution in [2.24, 2.45) is 0 Å². The fourth-order valence-electron chi connectivity index (χ4n) is 3.84. The molecule has 4 aromatic rings. The maximum absolute atomic E-state index is 13.1. The van der Waals surface area contributed by atoms with Crippen molar-refractivity contribution in [1.29, 1.82) is 0 Å². The van der Waals surface area contributed by atoms with Gasteiger partial charge in [-0.25, -0.2) is 9.78 Å². The Morgan fingerprint density at radius 1 is 0.892 bits per heavy atom. The van der Waals surface area contributed by atoms with E-state index < -0.39 is 0 Å². The summed E-state index contributed by atoms with van der Waals surface area (Å²) in [7, 11) is 0. The number of esters is 1. The molecular formula is C30H31N3O3S. The molecule has 37 heavy (non-hydrogen) atoms. The summed E-state index contributed by atoms with van der Waals surface area (Å²) in [5, 5.41) is 3.29. The summed E-state index contributed by atoms with van der Waals surface area (Å²) in [4.78, 5) is 33.4. The highest BCUT2D eigenvalue weighted by atomic mass is 32.2. The number of thioether (sulfide) groups is 1. The number of aromatic amines is 1. The number of carbonyl (C=O) groups is 2. The zero-order chi connectivity index (χ0) is 26.4. The van der Waals surface area contributed by atoms with E-state index in [0.29, 0.717) is 29.4 Å². The Kier molecular flexibility index (Phi) is 8.46. The fourth-order valence-corrected chi connectivity index (χ4v) is 4.75. The first-order chi connectivity index (χ1) is 17.9. The van der Waals surface area contributed by atoms with Crippen molar-refractivity contribution in [2.45, 2.75) is 44.5 Å². The van der Waals surface area contributed by atoms with Crippen molar-refractivity contribution < 1.29 is 14.3 Å². The molecule has 4 rings (SSSR count). The van der Waals surface area contributed by atoms with Gasteiger partial charge in [0.15, 0.2) is 5.16 Å². The number of hydrogen-bond acceptors (Lipinski definition) is 5. The van der Waals surface area contributed by atoms with E-state index in [2.05, 4.69) is 72.7 Å². The Morgan fingerprint density at radius 3 is 2.05 bits per heavy atom. The molecule has 1 heterocycles. The molecular weight excluding hydrogens is 482 g/mol. The van der Waals surface area contributed by atoms with Crippen LogP contribution in [0.15, 0.2) is 78.0 Å². The summed E-state index contributed by atoms with van der Waals surface area (Å²) in [5.74, 6) is -0.504. The monoisotopic (exact) mass is 513 g/mol. The molecule has 0 saturated carbocycles. The van der Waals surface area contributed by atoms with Crippen molar-refractivity contribution in [3.8, 4) is 22.5 Å². The average molecular weight is 514 g/mol. The van der Waals surface area contributed by atoms with Crippen LogP contribution in [0.5, 0.6) is 0 Å². The predicted molar refractivity (Wildman–Crippen MR) is 150 cm³/mol. The van der Waals surface area contributed by atoms with E-state index in [1.54, 1.807) is 31.2 Å². The molecule has 3 aromatic carbocycles. The van der Waals surface area contributed by atoms with Crippen molar-refractivity contribution in [1.82, 2.24) is 9.97 Å². The standard InChI is InChI=1S/C30H31N3O3S/c1-5-25(28(34)31-24-17-15-23(16-18-24)29(35)36-6-2)37-30-32-26(21-11-7-19(3)8-12-21)27(33-30)22-13-9-20(4)10-14-22/h7-18,25H,5-6H2,1-4H3,(H,31,34)(H,32,33). The molecule has 1 amide bonds. The van der Waals surface area contributed by atoms with Crippen molar-refractivity contribution in [2.75, 3.05) is 11.9 Å². The van der Waals surface area contributed by atoms with Crippen LogP contribution in [0.25, 0.3) is 22.5 Å². The first kappa shape index (κ1) is 26.2. The second-order valence-electron chi connectivity index (χ2n) is 8.80. The van der Waals surface area contributed by atoms with Gasteiger partial charge in [-0.15, -0.1) is 0 Å². The Hall–Kier alpha value is -3.84. The number of aromatic nitrogens is 2. The average Bonchev–Trinajstić information content (AvgIpc) is 3.32. The molecule has 0 radical (unpaired) electrons. The van der Waals surface area contributed by atoms with Crippen LogP contribution >= 0.6 is 11.8 Å². The number of imidazole rings is 1. The lowest BCUT2D eigenvalue weighted by atomic mass is 10.0. The van der Waals surface area contributed by atoms with Crippen LogP contribution in [0, 0.1) is 13.8 Å². The molecule has 1 unspecified atom stereocenters. The van der Waals surface area contributed by atoms with Crippen molar-refractivity contribution in [3.05, 3.63) is 89.5 Å². The molecule has 190 valence electrons. The highest BCUT2D eigenvalue weighted by molar-refractivity contribution is 8.00. The van der Waals surface area contributed by atoms with E-state index in [-0.39, 0.29) is 17.1 Å². The molecule has 0 saturated heterocycles. The minimum Gasteiger partial charge on any atom is -0.462 e. The van der Waals surface area contributed by atoms with Crippen LogP contribution in [0.3, 0.4) is 0 Å². The van der Waals surface area contributed by atoms with E-state index in [0.717, 1.165) is 22.5 Å². The van der Waals surface area contributed by atoms with Gasteiger partial charge in [0.25, 0.3) is 0 Å². The van der Waals surface area contributed by atoms with Crippen LogP contribution < -0.4 is 5.32 Å². The Morgan fingerprint density at radius 2 is 1.49 bits per heavy atom. The number of nitrogens with zero attached hydrogens (tertiary/aromatic N) is 1. The van der Waals surface area contributed by atoms with Gasteiger partial charge < -0.3 is 15.0 Å². The third-order valence-electron chi connectivity index (χ3n) is 5.93. The molecule has 1 aromatic heterocycles. The lowest BCUT2D eigenvalue weighted by Crippen LogP contribution is -2.24. The molecule has 7 heteroatoms. The van der Waals surface area contributed by atoms with Gasteiger partial charge >= 0.3 is 5.97 Å². The first-order valence-electron chi connectivity index (χ1n) is 12.4. The normalized spacial score (nSPS) is 11.7. The lowest BCUT2D eigenvalue weighted by molar-refractivity contribution is -0.115. The molecule has 0 aliphatic carbocycles. The summed E-state index contributed by atoms with van der Waals surface area (Å²) in [6.45, 7) is 8.18. The number of benzene rings is 3. The second-order valence-corrected chi connectivity index (χ2v) is 9.99. The van der Waals surface area contributed by atoms with Gasteiger partial charge in [-0.2, -0.15) is 0 Å². The molecule has 0 spiro atoms. The number of H-pyrrole nitrogens is 1. The quantitative estimate of drug-likeness (QED) is 0.185. The molecule has 2 N–H and O–H groups in total. The fraction of sp³-hybridized carbons (Fsp3) is 0.233. The number of hydrogen-bond donors (Lipinski definition) is 2. The van der Waals surface area contributed by atoms with Gasteiger partial charge in [-0.3, -0.25) is 4.79 Å². The SMILES string of the molecule is CCOC(=O)c1ccc(NC(=O)C(CC)Sc2nc(-c3ccc(C)cc3)c(-c3ccc(C)cc3)[nH]2)cc1. The number of nitrogens with one attached hydrogen (secondary N) is 2. The highest BCUT2D eigenvalue weighted by Crippen LogP contribution is 2.35. The van der Waals surface area contributed by atoms with Gasteiger partial charge in [0.1, 0.15) is 0 Å². The van der Waals surface area contributed by atoms with Crippen LogP contribution in [0.4, 0.5) is 5.69 Å². The summed E-state index contributed by atoms with van der Waals surface area (Å²) in [6, 6.07) is 23.3. The molecule has 0 aliphatic heterocycles. The highest BCUT2D eigenvalue weighted by Gasteiger charge is 2.22. The minimum atomic E-state index is -0.381. The zero-order valence-electron chi connectivity index (χ0n) is 21.5. The molecule has 0 fully saturated rings. The maximum Gasteiger partial charge on any atom is 0.338 e. The first-order valence-corrected chi connectivity index (χ1v) is 13.2. The van der Waals surface area contributed by atoms with Crippen molar-refractivity contribution in [3.63, 3.8) is 0 Å². The number of rotatable bonds is 9. The number of anilines is 1. The van der Waals surface area contributed by atoms with Gasteiger partial charge in [-0.1, -0.05) is 78.3 Å². The largest absolute Gasteiger partial charge is 0.462 e. The number of ether oxygens (including phenoxy) is 1. The second kappa shape index (κ2) is 11.9. The third-order valence-corrected chi connectivity index (χ3v) is 7.18. The van der Waals surface area contributed by atoms with Gasteiger partial charge in [0.05, 0.1) is 28.8 Å². The van der Waals surface area contributed by atoms with E-state index in [4.69, 9.17) is 9.72 Å². The Labute approximate surface area is 221 Å². The number of carbonyl (C=O) groups excluding carboxylic acids is 2. The van der Waals surface area contributed by atoms with E-state index in [1.807, 2.05) is 6.92 Å². The van der Waals surface area contributed by atoms with Crippen LogP contribution in [-0.2, 0) is 9.53 Å². The summed E-state index contributed by atoms with van der Waals surface area (Å²) >= 11 is 1.41. The van der Waals surface area contributed by atoms with Crippen molar-refractivity contribution >= 4 is 29.3 Å². The summed E-state index contributed by atoms with van der Waals surface area (Å²) < 4.78 is 5.02. The smallest absolute Gasteiger partial charge is 0.338 e. The lowest BCUT2D eigenvalue weighted by Gasteiger charge is -2.13. The van der Waals surface area contributed by atoms with Crippen LogP contribution in [0.1, 0.15) is 41.8 Å². The topological polar surface area (TPSA) is 84.1 Å². The Bertz CT molecular complexity index is 1300. The zero-order valence-corrected chi connectivity index (χ0v) is 22.3.